The van der Waals surface area contributed by atoms with Gasteiger partial charge in [-0.15, -0.1) is 0 Å². The molecule has 33 heavy (non-hydrogen) atoms. The van der Waals surface area contributed by atoms with Gasteiger partial charge in [0.1, 0.15) is 11.5 Å². The van der Waals surface area contributed by atoms with Gasteiger partial charge in [0, 0.05) is 51.7 Å². The fourth-order valence-electron chi connectivity index (χ4n) is 5.26. The van der Waals surface area contributed by atoms with Crippen molar-refractivity contribution in [3.8, 4) is 11.5 Å². The van der Waals surface area contributed by atoms with Gasteiger partial charge in [0.15, 0.2) is 5.41 Å². The molecule has 2 aromatic carbocycles. The van der Waals surface area contributed by atoms with Gasteiger partial charge in [-0.05, 0) is 23.8 Å². The van der Waals surface area contributed by atoms with Crippen LogP contribution >= 0.6 is 0 Å². The minimum Gasteiger partial charge on any atom is -0.497 e. The molecule has 0 N–H and O–H groups in total. The fourth-order valence-corrected chi connectivity index (χ4v) is 5.26. The lowest BCUT2D eigenvalue weighted by molar-refractivity contribution is -0.253. The van der Waals surface area contributed by atoms with Crippen LogP contribution in [-0.2, 0) is 25.5 Å². The normalized spacial score (nSPS) is 22.7. The first-order valence-electron chi connectivity index (χ1n) is 11.1. The molecule has 3 aliphatic rings. The molecule has 174 valence electrons. The molecule has 0 saturated carbocycles. The van der Waals surface area contributed by atoms with Crippen molar-refractivity contribution < 1.29 is 28.5 Å². The Morgan fingerprint density at radius 1 is 0.939 bits per heavy atom. The van der Waals surface area contributed by atoms with Crippen molar-refractivity contribution in [3.05, 3.63) is 48.0 Å². The van der Waals surface area contributed by atoms with Gasteiger partial charge in [-0.25, -0.2) is 0 Å². The van der Waals surface area contributed by atoms with Gasteiger partial charge >= 0.3 is 11.9 Å². The van der Waals surface area contributed by atoms with E-state index in [9.17, 15) is 9.59 Å². The zero-order valence-corrected chi connectivity index (χ0v) is 19.3. The second kappa shape index (κ2) is 7.57. The number of hydrogen-bond acceptors (Lipinski definition) is 8. The molecule has 1 spiro atoms. The number of carbonyl (C=O) groups excluding carboxylic acids is 2. The highest BCUT2D eigenvalue weighted by atomic mass is 16.7. The van der Waals surface area contributed by atoms with Crippen molar-refractivity contribution in [3.63, 3.8) is 0 Å². The number of benzene rings is 2. The average molecular weight is 453 g/mol. The van der Waals surface area contributed by atoms with E-state index in [0.717, 1.165) is 28.4 Å². The summed E-state index contributed by atoms with van der Waals surface area (Å²) >= 11 is 0. The van der Waals surface area contributed by atoms with Gasteiger partial charge in [-0.2, -0.15) is 0 Å². The monoisotopic (exact) mass is 452 g/mol. The number of para-hydroxylation sites is 2. The highest BCUT2D eigenvalue weighted by Gasteiger charge is 2.64. The molecule has 2 saturated heterocycles. The second-order valence-corrected chi connectivity index (χ2v) is 9.15. The highest BCUT2D eigenvalue weighted by Crippen LogP contribution is 2.49. The van der Waals surface area contributed by atoms with Crippen LogP contribution in [0.25, 0.3) is 0 Å². The number of anilines is 2. The van der Waals surface area contributed by atoms with Crippen LogP contribution in [0.5, 0.6) is 11.5 Å². The molecule has 0 radical (unpaired) electrons. The maximum absolute atomic E-state index is 13.5. The van der Waals surface area contributed by atoms with Crippen molar-refractivity contribution in [1.82, 2.24) is 0 Å². The number of nitrogens with zero attached hydrogens (tertiary/aromatic N) is 2. The Morgan fingerprint density at radius 2 is 1.67 bits per heavy atom. The average Bonchev–Trinajstić information content (AvgIpc) is 2.81. The molecule has 1 atom stereocenters. The van der Waals surface area contributed by atoms with Crippen LogP contribution < -0.4 is 19.3 Å². The van der Waals surface area contributed by atoms with Crippen LogP contribution in [0.15, 0.2) is 42.5 Å². The molecule has 2 aromatic rings. The van der Waals surface area contributed by atoms with Gasteiger partial charge in [0.2, 0.25) is 0 Å². The number of rotatable bonds is 3. The van der Waals surface area contributed by atoms with Crippen LogP contribution in [0.1, 0.15) is 19.4 Å². The number of piperazine rings is 1. The van der Waals surface area contributed by atoms with E-state index in [-0.39, 0.29) is 6.42 Å². The summed E-state index contributed by atoms with van der Waals surface area (Å²) in [6, 6.07) is 13.0. The largest absolute Gasteiger partial charge is 0.497 e. The van der Waals surface area contributed by atoms with Crippen molar-refractivity contribution in [2.24, 2.45) is 5.41 Å². The molecule has 2 fully saturated rings. The molecule has 0 aliphatic carbocycles. The number of fused-ring (bicyclic) bond motifs is 4. The lowest BCUT2D eigenvalue weighted by Crippen LogP contribution is -2.71. The molecule has 3 heterocycles. The smallest absolute Gasteiger partial charge is 0.329 e. The Kier molecular flexibility index (Phi) is 4.92. The summed E-state index contributed by atoms with van der Waals surface area (Å²) in [7, 11) is 3.26. The standard InChI is InChI=1S/C25H28N2O6/c1-24(2)32-22(28)25(23(29)33-24)14-16-9-10-17(30-3)13-19(16)27-12-11-26(15-21(25)27)18-7-5-6-8-20(18)31-4/h5-10,13,21H,11-12,14-15H2,1-4H3. The van der Waals surface area contributed by atoms with Crippen molar-refractivity contribution in [2.75, 3.05) is 43.7 Å². The summed E-state index contributed by atoms with van der Waals surface area (Å²) in [5, 5.41) is 0. The van der Waals surface area contributed by atoms with E-state index >= 15 is 0 Å². The maximum atomic E-state index is 13.5. The van der Waals surface area contributed by atoms with Crippen molar-refractivity contribution in [1.29, 1.82) is 0 Å². The lowest BCUT2D eigenvalue weighted by Gasteiger charge is -2.55. The molecular formula is C25H28N2O6. The molecule has 1 unspecified atom stereocenters. The molecule has 5 rings (SSSR count). The predicted molar refractivity (Wildman–Crippen MR) is 122 cm³/mol. The Balaban J connectivity index is 1.62. The van der Waals surface area contributed by atoms with E-state index in [2.05, 4.69) is 9.80 Å². The van der Waals surface area contributed by atoms with Gasteiger partial charge in [0.05, 0.1) is 25.9 Å². The predicted octanol–water partition coefficient (Wildman–Crippen LogP) is 2.78. The summed E-state index contributed by atoms with van der Waals surface area (Å²) in [4.78, 5) is 31.4. The van der Waals surface area contributed by atoms with E-state index in [0.29, 0.717) is 19.6 Å². The van der Waals surface area contributed by atoms with E-state index in [1.807, 2.05) is 42.5 Å². The molecule has 3 aliphatic heterocycles. The zero-order chi connectivity index (χ0) is 23.4. The molecule has 0 aromatic heterocycles. The van der Waals surface area contributed by atoms with Crippen molar-refractivity contribution in [2.45, 2.75) is 32.1 Å². The third-order valence-electron chi connectivity index (χ3n) is 6.85. The van der Waals surface area contributed by atoms with E-state index < -0.39 is 29.2 Å². The third-order valence-corrected chi connectivity index (χ3v) is 6.85. The second-order valence-electron chi connectivity index (χ2n) is 9.15. The number of methoxy groups -OCH3 is 2. The van der Waals surface area contributed by atoms with E-state index in [1.165, 1.54) is 0 Å². The molecule has 0 amide bonds. The van der Waals surface area contributed by atoms with Crippen LogP contribution in [0.2, 0.25) is 0 Å². The number of ether oxygens (including phenoxy) is 4. The minimum absolute atomic E-state index is 0.209. The summed E-state index contributed by atoms with van der Waals surface area (Å²) in [5.41, 5.74) is 1.32. The third kappa shape index (κ3) is 3.27. The van der Waals surface area contributed by atoms with Gasteiger partial charge in [-0.3, -0.25) is 9.59 Å². The topological polar surface area (TPSA) is 77.5 Å². The van der Waals surface area contributed by atoms with Crippen LogP contribution in [-0.4, -0.2) is 57.6 Å². The molecule has 8 nitrogen and oxygen atoms in total. The summed E-state index contributed by atoms with van der Waals surface area (Å²) in [5.74, 6) is -0.899. The van der Waals surface area contributed by atoms with Crippen LogP contribution in [0, 0.1) is 5.41 Å². The first-order valence-corrected chi connectivity index (χ1v) is 11.1. The number of hydrogen-bond donors (Lipinski definition) is 0. The highest BCUT2D eigenvalue weighted by molar-refractivity contribution is 6.04. The maximum Gasteiger partial charge on any atom is 0.329 e. The first kappa shape index (κ1) is 21.4. The molecule has 0 bridgehead atoms. The summed E-state index contributed by atoms with van der Waals surface area (Å²) < 4.78 is 22.3. The summed E-state index contributed by atoms with van der Waals surface area (Å²) in [6.07, 6.45) is 0.209. The Morgan fingerprint density at radius 3 is 2.36 bits per heavy atom. The number of cyclic esters (lactones) is 2. The molecule has 8 heteroatoms. The zero-order valence-electron chi connectivity index (χ0n) is 19.3. The summed E-state index contributed by atoms with van der Waals surface area (Å²) in [6.45, 7) is 4.89. The molecular weight excluding hydrogens is 424 g/mol. The lowest BCUT2D eigenvalue weighted by atomic mass is 9.69. The van der Waals surface area contributed by atoms with Gasteiger partial charge in [-0.1, -0.05) is 18.2 Å². The number of carbonyl (C=O) groups is 2. The Bertz CT molecular complexity index is 1090. The van der Waals surface area contributed by atoms with E-state index in [4.69, 9.17) is 18.9 Å². The van der Waals surface area contributed by atoms with E-state index in [1.54, 1.807) is 28.1 Å². The Hall–Kier alpha value is -3.42. The van der Waals surface area contributed by atoms with Gasteiger partial charge in [0.25, 0.3) is 5.79 Å². The quantitative estimate of drug-likeness (QED) is 0.520. The fraction of sp³-hybridized carbons (Fsp3) is 0.440. The van der Waals surface area contributed by atoms with Crippen LogP contribution in [0.4, 0.5) is 11.4 Å². The SMILES string of the molecule is COc1ccc2c(c1)N1CCN(c3ccccc3OC)CC1C1(C2)C(=O)OC(C)(C)OC1=O. The van der Waals surface area contributed by atoms with Gasteiger partial charge < -0.3 is 28.7 Å². The first-order chi connectivity index (χ1) is 15.8. The number of esters is 2. The Labute approximate surface area is 193 Å². The van der Waals surface area contributed by atoms with Crippen molar-refractivity contribution >= 4 is 23.3 Å². The minimum atomic E-state index is -1.46. The van der Waals surface area contributed by atoms with Crippen LogP contribution in [0.3, 0.4) is 0 Å².